The Morgan fingerprint density at radius 2 is 1.46 bits per heavy atom. The van der Waals surface area contributed by atoms with Crippen molar-refractivity contribution in [3.05, 3.63) is 54.1 Å². The molecule has 2 aromatic carbocycles. The van der Waals surface area contributed by atoms with Crippen LogP contribution in [0.2, 0.25) is 0 Å². The SMILES string of the molecule is O=C(NCc1ccc(OC(F)(F)F)cc1)[C@H]1CNCCN1S(=O)(=O)c1ccc(OC(F)(F)F)cc1. The molecule has 8 nitrogen and oxygen atoms in total. The van der Waals surface area contributed by atoms with Gasteiger partial charge in [-0.2, -0.15) is 4.31 Å². The van der Waals surface area contributed by atoms with Crippen molar-refractivity contribution < 1.29 is 49.0 Å². The number of alkyl halides is 6. The molecule has 1 heterocycles. The van der Waals surface area contributed by atoms with Crippen molar-refractivity contribution in [3.8, 4) is 11.5 Å². The summed E-state index contributed by atoms with van der Waals surface area (Å²) < 4.78 is 108. The van der Waals surface area contributed by atoms with Gasteiger partial charge in [-0.3, -0.25) is 4.79 Å². The van der Waals surface area contributed by atoms with Crippen LogP contribution in [-0.4, -0.2) is 57.0 Å². The quantitative estimate of drug-likeness (QED) is 0.538. The first kappa shape index (κ1) is 26.6. The third-order valence-corrected chi connectivity index (χ3v) is 6.71. The molecule has 1 atom stereocenters. The van der Waals surface area contributed by atoms with Crippen LogP contribution >= 0.6 is 0 Å². The number of ether oxygens (including phenoxy) is 2. The van der Waals surface area contributed by atoms with Gasteiger partial charge in [0.05, 0.1) is 4.90 Å². The Labute approximate surface area is 195 Å². The summed E-state index contributed by atoms with van der Waals surface area (Å²) in [6.45, 7) is 0.0291. The Balaban J connectivity index is 1.68. The van der Waals surface area contributed by atoms with Crippen LogP contribution in [0.15, 0.2) is 53.4 Å². The molecule has 0 aliphatic carbocycles. The fourth-order valence-corrected chi connectivity index (χ4v) is 4.85. The van der Waals surface area contributed by atoms with Gasteiger partial charge < -0.3 is 20.1 Å². The number of benzene rings is 2. The van der Waals surface area contributed by atoms with E-state index in [-0.39, 0.29) is 31.1 Å². The smallest absolute Gasteiger partial charge is 0.406 e. The number of nitrogens with one attached hydrogen (secondary N) is 2. The molecule has 2 N–H and O–H groups in total. The lowest BCUT2D eigenvalue weighted by atomic mass is 10.2. The Morgan fingerprint density at radius 1 is 0.943 bits per heavy atom. The maximum atomic E-state index is 13.1. The number of carbonyl (C=O) groups is 1. The van der Waals surface area contributed by atoms with E-state index in [0.717, 1.165) is 40.7 Å². The van der Waals surface area contributed by atoms with E-state index >= 15 is 0 Å². The molecular formula is C20H19F6N3O5S. The van der Waals surface area contributed by atoms with Crippen molar-refractivity contribution in [2.75, 3.05) is 19.6 Å². The largest absolute Gasteiger partial charge is 0.573 e. The molecule has 15 heteroatoms. The maximum Gasteiger partial charge on any atom is 0.573 e. The standard InChI is InChI=1S/C20H19F6N3O5S/c21-19(22,23)33-14-3-1-13(2-4-14)11-28-18(30)17-12-27-9-10-29(17)35(31,32)16-7-5-15(6-8-16)34-20(24,25)26/h1-8,17,27H,9-12H2,(H,28,30)/t17-/m1/s1. The van der Waals surface area contributed by atoms with Crippen LogP contribution in [0.5, 0.6) is 11.5 Å². The van der Waals surface area contributed by atoms with Gasteiger partial charge in [0.15, 0.2) is 0 Å². The van der Waals surface area contributed by atoms with Gasteiger partial charge in [0, 0.05) is 26.2 Å². The van der Waals surface area contributed by atoms with Crippen LogP contribution in [0, 0.1) is 0 Å². The van der Waals surface area contributed by atoms with E-state index in [1.54, 1.807) is 0 Å². The first-order valence-electron chi connectivity index (χ1n) is 9.95. The highest BCUT2D eigenvalue weighted by Crippen LogP contribution is 2.26. The van der Waals surface area contributed by atoms with E-state index in [0.29, 0.717) is 5.56 Å². The van der Waals surface area contributed by atoms with E-state index in [1.807, 2.05) is 0 Å². The van der Waals surface area contributed by atoms with Crippen LogP contribution < -0.4 is 20.1 Å². The summed E-state index contributed by atoms with van der Waals surface area (Å²) in [4.78, 5) is 12.4. The minimum absolute atomic E-state index is 0.0291. The van der Waals surface area contributed by atoms with Crippen LogP contribution in [0.4, 0.5) is 26.3 Å². The van der Waals surface area contributed by atoms with Crippen molar-refractivity contribution in [1.29, 1.82) is 0 Å². The number of hydrogen-bond acceptors (Lipinski definition) is 6. The van der Waals surface area contributed by atoms with E-state index in [4.69, 9.17) is 0 Å². The Hall–Kier alpha value is -3.04. The highest BCUT2D eigenvalue weighted by Gasteiger charge is 2.38. The molecule has 0 radical (unpaired) electrons. The Bertz CT molecular complexity index is 1120. The van der Waals surface area contributed by atoms with Gasteiger partial charge in [-0.05, 0) is 42.0 Å². The van der Waals surface area contributed by atoms with Gasteiger partial charge in [0.1, 0.15) is 17.5 Å². The summed E-state index contributed by atoms with van der Waals surface area (Å²) in [5.41, 5.74) is 0.436. The number of nitrogens with zero attached hydrogens (tertiary/aromatic N) is 1. The fraction of sp³-hybridized carbons (Fsp3) is 0.350. The number of amides is 1. The molecule has 0 bridgehead atoms. The topological polar surface area (TPSA) is 97.0 Å². The van der Waals surface area contributed by atoms with Crippen molar-refractivity contribution in [1.82, 2.24) is 14.9 Å². The second kappa shape index (κ2) is 10.3. The first-order chi connectivity index (χ1) is 16.2. The number of halogens is 6. The molecule has 1 saturated heterocycles. The molecule has 0 spiro atoms. The number of rotatable bonds is 7. The summed E-state index contributed by atoms with van der Waals surface area (Å²) in [5, 5.41) is 5.43. The normalized spacial score (nSPS) is 17.6. The van der Waals surface area contributed by atoms with E-state index in [2.05, 4.69) is 20.1 Å². The zero-order valence-corrected chi connectivity index (χ0v) is 18.5. The minimum Gasteiger partial charge on any atom is -0.406 e. The Morgan fingerprint density at radius 3 is 1.97 bits per heavy atom. The summed E-state index contributed by atoms with van der Waals surface area (Å²) >= 11 is 0. The van der Waals surface area contributed by atoms with Gasteiger partial charge in [0.2, 0.25) is 15.9 Å². The summed E-state index contributed by atoms with van der Waals surface area (Å²) in [5.74, 6) is -1.71. The lowest BCUT2D eigenvalue weighted by Crippen LogP contribution is -2.59. The zero-order chi connectivity index (χ0) is 25.9. The van der Waals surface area contributed by atoms with Gasteiger partial charge in [-0.15, -0.1) is 26.3 Å². The number of sulfonamides is 1. The van der Waals surface area contributed by atoms with Gasteiger partial charge in [0.25, 0.3) is 0 Å². The molecule has 0 saturated carbocycles. The molecule has 1 aliphatic rings. The zero-order valence-electron chi connectivity index (χ0n) is 17.7. The molecule has 3 rings (SSSR count). The predicted octanol–water partition coefficient (Wildman–Crippen LogP) is 2.76. The van der Waals surface area contributed by atoms with Crippen molar-refractivity contribution in [2.24, 2.45) is 0 Å². The monoisotopic (exact) mass is 527 g/mol. The maximum absolute atomic E-state index is 13.1. The molecule has 35 heavy (non-hydrogen) atoms. The fourth-order valence-electron chi connectivity index (χ4n) is 3.26. The van der Waals surface area contributed by atoms with Crippen LogP contribution in [0.1, 0.15) is 5.56 Å². The van der Waals surface area contributed by atoms with Gasteiger partial charge in [-0.25, -0.2) is 8.42 Å². The van der Waals surface area contributed by atoms with Crippen LogP contribution in [-0.2, 0) is 21.4 Å². The van der Waals surface area contributed by atoms with Crippen LogP contribution in [0.25, 0.3) is 0 Å². The van der Waals surface area contributed by atoms with Crippen molar-refractivity contribution in [2.45, 2.75) is 30.2 Å². The van der Waals surface area contributed by atoms with Crippen LogP contribution in [0.3, 0.4) is 0 Å². The molecule has 1 fully saturated rings. The van der Waals surface area contributed by atoms with Crippen molar-refractivity contribution >= 4 is 15.9 Å². The molecular weight excluding hydrogens is 508 g/mol. The predicted molar refractivity (Wildman–Crippen MR) is 109 cm³/mol. The molecule has 1 amide bonds. The third-order valence-electron chi connectivity index (χ3n) is 4.78. The summed E-state index contributed by atoms with van der Waals surface area (Å²) in [7, 11) is -4.25. The average molecular weight is 527 g/mol. The second-order valence-corrected chi connectivity index (χ2v) is 9.15. The van der Waals surface area contributed by atoms with Gasteiger partial charge in [-0.1, -0.05) is 12.1 Å². The molecule has 192 valence electrons. The third kappa shape index (κ3) is 7.47. The van der Waals surface area contributed by atoms with E-state index in [9.17, 15) is 39.6 Å². The van der Waals surface area contributed by atoms with Crippen molar-refractivity contribution in [3.63, 3.8) is 0 Å². The molecule has 1 aliphatic heterocycles. The Kier molecular flexibility index (Phi) is 7.81. The van der Waals surface area contributed by atoms with Gasteiger partial charge >= 0.3 is 12.7 Å². The van der Waals surface area contributed by atoms with E-state index < -0.39 is 46.2 Å². The highest BCUT2D eigenvalue weighted by molar-refractivity contribution is 7.89. The molecule has 0 unspecified atom stereocenters. The molecule has 0 aromatic heterocycles. The minimum atomic E-state index is -4.94. The average Bonchev–Trinajstić information content (AvgIpc) is 2.76. The first-order valence-corrected chi connectivity index (χ1v) is 11.4. The second-order valence-electron chi connectivity index (χ2n) is 7.26. The summed E-state index contributed by atoms with van der Waals surface area (Å²) in [6.07, 6.45) is -9.78. The number of piperazine rings is 1. The number of carbonyl (C=O) groups excluding carboxylic acids is 1. The molecule has 2 aromatic rings. The van der Waals surface area contributed by atoms with E-state index in [1.165, 1.54) is 12.1 Å². The lowest BCUT2D eigenvalue weighted by molar-refractivity contribution is -0.275. The summed E-state index contributed by atoms with van der Waals surface area (Å²) in [6, 6.07) is 7.16. The lowest BCUT2D eigenvalue weighted by Gasteiger charge is -2.34. The number of hydrogen-bond donors (Lipinski definition) is 2. The highest BCUT2D eigenvalue weighted by atomic mass is 32.2.